The molecule has 1 fully saturated rings. The predicted octanol–water partition coefficient (Wildman–Crippen LogP) is 4.31. The van der Waals surface area contributed by atoms with Gasteiger partial charge in [0.25, 0.3) is 0 Å². The molecule has 0 atom stereocenters. The lowest BCUT2D eigenvalue weighted by atomic mass is 10.1. The first kappa shape index (κ1) is 27.2. The first-order valence-corrected chi connectivity index (χ1v) is 11.0. The van der Waals surface area contributed by atoms with Gasteiger partial charge in [0.15, 0.2) is 17.9 Å². The molecular formula is C22H19Cl2F4N5O3. The topological polar surface area (TPSA) is 89.9 Å². The van der Waals surface area contributed by atoms with Crippen LogP contribution in [0.5, 0.6) is 5.75 Å². The molecule has 14 heteroatoms. The molecule has 2 aromatic rings. The smallest absolute Gasteiger partial charge is 0.431 e. The van der Waals surface area contributed by atoms with E-state index in [1.54, 1.807) is 4.90 Å². The van der Waals surface area contributed by atoms with E-state index in [1.807, 2.05) is 0 Å². The fourth-order valence-corrected chi connectivity index (χ4v) is 4.11. The zero-order valence-electron chi connectivity index (χ0n) is 18.7. The van der Waals surface area contributed by atoms with Crippen LogP contribution < -0.4 is 9.80 Å². The van der Waals surface area contributed by atoms with E-state index < -0.39 is 39.2 Å². The van der Waals surface area contributed by atoms with Crippen molar-refractivity contribution < 1.29 is 32.3 Å². The van der Waals surface area contributed by atoms with Crippen molar-refractivity contribution in [1.29, 1.82) is 0 Å². The lowest BCUT2D eigenvalue weighted by Crippen LogP contribution is -2.48. The van der Waals surface area contributed by atoms with Crippen molar-refractivity contribution in [2.45, 2.75) is 6.18 Å². The Morgan fingerprint density at radius 2 is 1.83 bits per heavy atom. The highest BCUT2D eigenvalue weighted by Crippen LogP contribution is 2.44. The molecule has 192 valence electrons. The number of phenolic OH excluding ortho intramolecular Hbond substituents is 1. The molecule has 8 nitrogen and oxygen atoms in total. The van der Waals surface area contributed by atoms with E-state index in [2.05, 4.69) is 16.5 Å². The van der Waals surface area contributed by atoms with Gasteiger partial charge in [-0.05, 0) is 18.2 Å². The number of hydrogen-bond donors (Lipinski definition) is 1. The molecule has 1 aliphatic heterocycles. The van der Waals surface area contributed by atoms with E-state index in [1.165, 1.54) is 4.90 Å². The lowest BCUT2D eigenvalue weighted by molar-refractivity contribution is -0.126. The number of phenols is 1. The number of allylic oxidation sites excluding steroid dienone is 1. The first-order chi connectivity index (χ1) is 16.9. The normalized spacial score (nSPS) is 14.6. The number of alkyl halides is 3. The van der Waals surface area contributed by atoms with Gasteiger partial charge in [0.05, 0.1) is 10.0 Å². The van der Waals surface area contributed by atoms with Crippen LogP contribution in [0.2, 0.25) is 10.0 Å². The summed E-state index contributed by atoms with van der Waals surface area (Å²) < 4.78 is 57.4. The predicted molar refractivity (Wildman–Crippen MR) is 127 cm³/mol. The van der Waals surface area contributed by atoms with Gasteiger partial charge in [0, 0.05) is 38.8 Å². The Labute approximate surface area is 213 Å². The van der Waals surface area contributed by atoms with Crippen molar-refractivity contribution in [3.8, 4) is 5.75 Å². The fourth-order valence-electron chi connectivity index (χ4n) is 3.66. The summed E-state index contributed by atoms with van der Waals surface area (Å²) in [5, 5.41) is 9.14. The van der Waals surface area contributed by atoms with E-state index in [-0.39, 0.29) is 55.4 Å². The van der Waals surface area contributed by atoms with E-state index in [4.69, 9.17) is 23.2 Å². The number of anilines is 2. The van der Waals surface area contributed by atoms with Crippen molar-refractivity contribution in [3.05, 3.63) is 57.9 Å². The molecule has 0 spiro atoms. The summed E-state index contributed by atoms with van der Waals surface area (Å²) in [6.45, 7) is 4.30. The molecular weight excluding hydrogens is 529 g/mol. The number of aromatic hydroxyl groups is 1. The summed E-state index contributed by atoms with van der Waals surface area (Å²) in [6.07, 6.45) is -2.08. The second-order valence-corrected chi connectivity index (χ2v) is 8.38. The number of carbonyl (C=O) groups excluding carboxylic acids is 2. The second kappa shape index (κ2) is 10.7. The van der Waals surface area contributed by atoms with Gasteiger partial charge in [0.1, 0.15) is 29.2 Å². The lowest BCUT2D eigenvalue weighted by Gasteiger charge is -2.35. The average molecular weight is 548 g/mol. The summed E-state index contributed by atoms with van der Waals surface area (Å²) in [6, 6.07) is 0.854. The molecule has 1 aromatic heterocycles. The van der Waals surface area contributed by atoms with Crippen LogP contribution in [0.3, 0.4) is 0 Å². The number of halogens is 6. The molecule has 0 radical (unpaired) electrons. The molecule has 0 unspecified atom stereocenters. The SMILES string of the molecule is C=CC(=O)N1CCN(c2ncnc(C=O)c2/C=C(\N(C)c2c(O)c(Cl)cc(Cl)c2F)C(F)(F)F)CC1. The molecule has 1 N–H and O–H groups in total. The molecule has 2 heterocycles. The van der Waals surface area contributed by atoms with Crippen molar-refractivity contribution in [2.75, 3.05) is 43.0 Å². The number of hydrogen-bond acceptors (Lipinski definition) is 7. The number of benzene rings is 1. The largest absolute Gasteiger partial charge is 0.504 e. The molecule has 1 aliphatic rings. The Kier molecular flexibility index (Phi) is 8.09. The summed E-state index contributed by atoms with van der Waals surface area (Å²) in [5.41, 5.74) is -3.02. The first-order valence-electron chi connectivity index (χ1n) is 10.3. The summed E-state index contributed by atoms with van der Waals surface area (Å²) in [7, 11) is 0.855. The molecule has 1 amide bonds. The Bertz CT molecular complexity index is 1200. The maximum absolute atomic E-state index is 14.7. The van der Waals surface area contributed by atoms with Gasteiger partial charge in [-0.15, -0.1) is 0 Å². The Morgan fingerprint density at radius 3 is 2.39 bits per heavy atom. The van der Waals surface area contributed by atoms with Crippen molar-refractivity contribution in [3.63, 3.8) is 0 Å². The molecule has 3 rings (SSSR count). The van der Waals surface area contributed by atoms with Gasteiger partial charge in [-0.1, -0.05) is 29.8 Å². The number of piperazine rings is 1. The van der Waals surface area contributed by atoms with Crippen LogP contribution in [0.25, 0.3) is 6.08 Å². The van der Waals surface area contributed by atoms with Crippen LogP contribution in [-0.4, -0.2) is 71.6 Å². The van der Waals surface area contributed by atoms with Gasteiger partial charge in [0.2, 0.25) is 5.91 Å². The van der Waals surface area contributed by atoms with Gasteiger partial charge in [-0.3, -0.25) is 9.59 Å². The van der Waals surface area contributed by atoms with Gasteiger partial charge in [-0.2, -0.15) is 13.2 Å². The average Bonchev–Trinajstić information content (AvgIpc) is 2.84. The third kappa shape index (κ3) is 5.39. The van der Waals surface area contributed by atoms with Gasteiger partial charge < -0.3 is 19.8 Å². The number of aldehydes is 1. The van der Waals surface area contributed by atoms with Crippen molar-refractivity contribution in [1.82, 2.24) is 14.9 Å². The van der Waals surface area contributed by atoms with Crippen LogP contribution in [0.1, 0.15) is 16.1 Å². The Hall–Kier alpha value is -3.38. The minimum atomic E-state index is -5.09. The highest BCUT2D eigenvalue weighted by molar-refractivity contribution is 6.36. The maximum atomic E-state index is 14.7. The quantitative estimate of drug-likeness (QED) is 0.249. The van der Waals surface area contributed by atoms with Crippen LogP contribution in [0.15, 0.2) is 30.7 Å². The van der Waals surface area contributed by atoms with Crippen LogP contribution >= 0.6 is 23.2 Å². The monoisotopic (exact) mass is 547 g/mol. The fraction of sp³-hybridized carbons (Fsp3) is 0.273. The highest BCUT2D eigenvalue weighted by Gasteiger charge is 2.40. The minimum absolute atomic E-state index is 0.00164. The van der Waals surface area contributed by atoms with E-state index >= 15 is 0 Å². The van der Waals surface area contributed by atoms with Crippen molar-refractivity contribution in [2.24, 2.45) is 0 Å². The minimum Gasteiger partial charge on any atom is -0.504 e. The number of carbonyl (C=O) groups is 2. The molecule has 1 saturated heterocycles. The Balaban J connectivity index is 2.14. The summed E-state index contributed by atoms with van der Waals surface area (Å²) >= 11 is 11.5. The molecule has 1 aromatic carbocycles. The molecule has 0 aliphatic carbocycles. The van der Waals surface area contributed by atoms with E-state index in [0.29, 0.717) is 11.0 Å². The maximum Gasteiger partial charge on any atom is 0.431 e. The number of nitrogens with zero attached hydrogens (tertiary/aromatic N) is 5. The molecule has 36 heavy (non-hydrogen) atoms. The van der Waals surface area contributed by atoms with Crippen LogP contribution in [0.4, 0.5) is 29.1 Å². The second-order valence-electron chi connectivity index (χ2n) is 7.57. The molecule has 0 bridgehead atoms. The highest BCUT2D eigenvalue weighted by atomic mass is 35.5. The standard InChI is InChI=1S/C22H19Cl2F4N5O3/c1-3-17(35)32-4-6-33(7-5-32)21-12(15(10-34)29-11-30-21)8-16(22(26,27)28)31(2)19-18(25)13(23)9-14(24)20(19)36/h3,8-11,36H,1,4-7H2,2H3/b16-8-. The number of rotatable bonds is 6. The summed E-state index contributed by atoms with van der Waals surface area (Å²) in [5.74, 6) is -2.59. The third-order valence-electron chi connectivity index (χ3n) is 5.46. The number of aromatic nitrogens is 2. The van der Waals surface area contributed by atoms with Crippen LogP contribution in [0, 0.1) is 5.82 Å². The molecule has 0 saturated carbocycles. The zero-order valence-corrected chi connectivity index (χ0v) is 20.2. The summed E-state index contributed by atoms with van der Waals surface area (Å²) in [4.78, 5) is 34.8. The van der Waals surface area contributed by atoms with Crippen molar-refractivity contribution >= 4 is 53.0 Å². The van der Waals surface area contributed by atoms with Gasteiger partial charge >= 0.3 is 6.18 Å². The van der Waals surface area contributed by atoms with E-state index in [9.17, 15) is 32.3 Å². The Morgan fingerprint density at radius 1 is 1.19 bits per heavy atom. The zero-order chi connectivity index (χ0) is 26.8. The number of amides is 1. The van der Waals surface area contributed by atoms with Crippen LogP contribution in [-0.2, 0) is 4.79 Å². The van der Waals surface area contributed by atoms with Gasteiger partial charge in [-0.25, -0.2) is 14.4 Å². The van der Waals surface area contributed by atoms with E-state index in [0.717, 1.165) is 25.5 Å². The third-order valence-corrected chi connectivity index (χ3v) is 6.02.